The Morgan fingerprint density at radius 3 is 2.70 bits per heavy atom. The van der Waals surface area contributed by atoms with Gasteiger partial charge in [0.15, 0.2) is 6.10 Å². The molecule has 0 aromatic rings. The van der Waals surface area contributed by atoms with Gasteiger partial charge in [-0.2, -0.15) is 4.39 Å². The Kier molecular flexibility index (Phi) is 2.09. The Labute approximate surface area is 58.1 Å². The summed E-state index contributed by atoms with van der Waals surface area (Å²) in [7, 11) is 0. The highest BCUT2D eigenvalue weighted by Crippen LogP contribution is 2.19. The average Bonchev–Trinajstić information content (AvgIpc) is 2.13. The molecule has 0 aromatic carbocycles. The first kappa shape index (κ1) is 7.31. The molecule has 2 unspecified atom stereocenters. The second-order valence-corrected chi connectivity index (χ2v) is 2.16. The first-order chi connectivity index (χ1) is 4.74. The Morgan fingerprint density at radius 1 is 1.60 bits per heavy atom. The lowest BCUT2D eigenvalue weighted by Crippen LogP contribution is -2.16. The molecule has 0 radical (unpaired) electrons. The molecule has 0 amide bonds. The van der Waals surface area contributed by atoms with Crippen molar-refractivity contribution >= 4 is 6.16 Å². The summed E-state index contributed by atoms with van der Waals surface area (Å²) in [4.78, 5) is 10.3. The lowest BCUT2D eigenvalue weighted by molar-refractivity contribution is 0.0283. The van der Waals surface area contributed by atoms with Crippen LogP contribution >= 0.6 is 0 Å². The molecule has 10 heavy (non-hydrogen) atoms. The summed E-state index contributed by atoms with van der Waals surface area (Å²) in [5, 5.41) is 0. The normalized spacial score (nSPS) is 31.6. The van der Waals surface area contributed by atoms with Gasteiger partial charge in [0.05, 0.1) is 0 Å². The van der Waals surface area contributed by atoms with Crippen LogP contribution in [0.4, 0.5) is 9.18 Å². The summed E-state index contributed by atoms with van der Waals surface area (Å²) in [6.07, 6.45) is -1.84. The van der Waals surface area contributed by atoms with Gasteiger partial charge >= 0.3 is 6.16 Å². The number of cyclic esters (lactones) is 2. The van der Waals surface area contributed by atoms with Crippen LogP contribution in [0.3, 0.4) is 0 Å². The molecule has 0 saturated carbocycles. The molecule has 0 spiro atoms. The van der Waals surface area contributed by atoms with Crippen LogP contribution in [0.15, 0.2) is 0 Å². The minimum atomic E-state index is -1.56. The van der Waals surface area contributed by atoms with Gasteiger partial charge in [-0.15, -0.1) is 0 Å². The topological polar surface area (TPSA) is 35.5 Å². The fraction of sp³-hybridized carbons (Fsp3) is 0.833. The standard InChI is InChI=1S/C6H9FO3/c1-2-3-4-5(7)10-6(8)9-4/h4-5H,2-3H2,1H3. The number of hydrogen-bond donors (Lipinski definition) is 0. The third-order valence-electron chi connectivity index (χ3n) is 1.32. The van der Waals surface area contributed by atoms with Crippen molar-refractivity contribution in [2.45, 2.75) is 32.2 Å². The number of rotatable bonds is 2. The molecule has 3 nitrogen and oxygen atoms in total. The maximum atomic E-state index is 12.5. The predicted molar refractivity (Wildman–Crippen MR) is 31.2 cm³/mol. The summed E-state index contributed by atoms with van der Waals surface area (Å²) in [6, 6.07) is 0. The molecular formula is C6H9FO3. The van der Waals surface area contributed by atoms with E-state index in [2.05, 4.69) is 9.47 Å². The van der Waals surface area contributed by atoms with E-state index in [1.54, 1.807) is 0 Å². The molecule has 0 N–H and O–H groups in total. The highest BCUT2D eigenvalue weighted by atomic mass is 19.1. The summed E-state index contributed by atoms with van der Waals surface area (Å²) in [6.45, 7) is 1.89. The van der Waals surface area contributed by atoms with Gasteiger partial charge in [0.25, 0.3) is 6.36 Å². The maximum Gasteiger partial charge on any atom is 0.511 e. The fourth-order valence-electron chi connectivity index (χ4n) is 0.847. The van der Waals surface area contributed by atoms with E-state index in [0.29, 0.717) is 6.42 Å². The van der Waals surface area contributed by atoms with Crippen molar-refractivity contribution in [3.8, 4) is 0 Å². The Balaban J connectivity index is 2.38. The first-order valence-corrected chi connectivity index (χ1v) is 3.25. The summed E-state index contributed by atoms with van der Waals surface area (Å²) in [5.41, 5.74) is 0. The van der Waals surface area contributed by atoms with Crippen molar-refractivity contribution < 1.29 is 18.7 Å². The van der Waals surface area contributed by atoms with E-state index in [-0.39, 0.29) is 0 Å². The smallest absolute Gasteiger partial charge is 0.424 e. The first-order valence-electron chi connectivity index (χ1n) is 3.25. The monoisotopic (exact) mass is 148 g/mol. The van der Waals surface area contributed by atoms with Crippen LogP contribution in [-0.2, 0) is 9.47 Å². The number of carbonyl (C=O) groups is 1. The summed E-state index contributed by atoms with van der Waals surface area (Å²) >= 11 is 0. The number of ether oxygens (including phenoxy) is 2. The van der Waals surface area contributed by atoms with E-state index >= 15 is 0 Å². The van der Waals surface area contributed by atoms with Crippen molar-refractivity contribution in [1.29, 1.82) is 0 Å². The van der Waals surface area contributed by atoms with E-state index in [1.165, 1.54) is 0 Å². The van der Waals surface area contributed by atoms with E-state index in [1.807, 2.05) is 6.92 Å². The molecular weight excluding hydrogens is 139 g/mol. The predicted octanol–water partition coefficient (Wildman–Crippen LogP) is 1.62. The molecule has 1 aliphatic heterocycles. The third kappa shape index (κ3) is 1.37. The molecule has 1 saturated heterocycles. The average molecular weight is 148 g/mol. The van der Waals surface area contributed by atoms with Gasteiger partial charge < -0.3 is 9.47 Å². The van der Waals surface area contributed by atoms with Crippen LogP contribution in [0.25, 0.3) is 0 Å². The van der Waals surface area contributed by atoms with Crippen LogP contribution < -0.4 is 0 Å². The van der Waals surface area contributed by atoms with Gasteiger partial charge in [-0.25, -0.2) is 4.79 Å². The molecule has 0 aliphatic carbocycles. The van der Waals surface area contributed by atoms with Crippen LogP contribution in [0, 0.1) is 0 Å². The molecule has 58 valence electrons. The zero-order valence-electron chi connectivity index (χ0n) is 5.67. The minimum Gasteiger partial charge on any atom is -0.424 e. The van der Waals surface area contributed by atoms with E-state index in [4.69, 9.17) is 0 Å². The second-order valence-electron chi connectivity index (χ2n) is 2.16. The molecule has 1 heterocycles. The van der Waals surface area contributed by atoms with Gasteiger partial charge in [0.1, 0.15) is 0 Å². The molecule has 0 bridgehead atoms. The fourth-order valence-corrected chi connectivity index (χ4v) is 0.847. The number of hydrogen-bond acceptors (Lipinski definition) is 3. The van der Waals surface area contributed by atoms with E-state index < -0.39 is 18.6 Å². The number of alkyl halides is 1. The largest absolute Gasteiger partial charge is 0.511 e. The van der Waals surface area contributed by atoms with Gasteiger partial charge in [-0.3, -0.25) is 0 Å². The second kappa shape index (κ2) is 2.86. The summed E-state index contributed by atoms with van der Waals surface area (Å²) < 4.78 is 21.0. The van der Waals surface area contributed by atoms with E-state index in [0.717, 1.165) is 6.42 Å². The quantitative estimate of drug-likeness (QED) is 0.558. The van der Waals surface area contributed by atoms with Gasteiger partial charge in [0, 0.05) is 0 Å². The number of carbonyl (C=O) groups excluding carboxylic acids is 1. The minimum absolute atomic E-state index is 0.521. The van der Waals surface area contributed by atoms with E-state index in [9.17, 15) is 9.18 Å². The van der Waals surface area contributed by atoms with Crippen LogP contribution in [0.5, 0.6) is 0 Å². The Morgan fingerprint density at radius 2 is 2.30 bits per heavy atom. The van der Waals surface area contributed by atoms with Crippen molar-refractivity contribution in [2.75, 3.05) is 0 Å². The zero-order valence-corrected chi connectivity index (χ0v) is 5.67. The molecule has 1 fully saturated rings. The van der Waals surface area contributed by atoms with Crippen molar-refractivity contribution in [2.24, 2.45) is 0 Å². The SMILES string of the molecule is CCCC1OC(=O)OC1F. The molecule has 1 rings (SSSR count). The Hall–Kier alpha value is -0.800. The highest BCUT2D eigenvalue weighted by molar-refractivity contribution is 5.62. The van der Waals surface area contributed by atoms with Crippen LogP contribution in [0.2, 0.25) is 0 Å². The Bertz CT molecular complexity index is 137. The summed E-state index contributed by atoms with van der Waals surface area (Å²) in [5.74, 6) is 0. The van der Waals surface area contributed by atoms with Crippen LogP contribution in [0.1, 0.15) is 19.8 Å². The molecule has 2 atom stereocenters. The zero-order chi connectivity index (χ0) is 7.56. The van der Waals surface area contributed by atoms with Crippen molar-refractivity contribution in [3.63, 3.8) is 0 Å². The van der Waals surface area contributed by atoms with Crippen molar-refractivity contribution in [3.05, 3.63) is 0 Å². The van der Waals surface area contributed by atoms with Crippen molar-refractivity contribution in [1.82, 2.24) is 0 Å². The molecule has 0 aromatic heterocycles. The maximum absolute atomic E-state index is 12.5. The van der Waals surface area contributed by atoms with Crippen LogP contribution in [-0.4, -0.2) is 18.6 Å². The van der Waals surface area contributed by atoms with Gasteiger partial charge in [0.2, 0.25) is 0 Å². The van der Waals surface area contributed by atoms with Gasteiger partial charge in [-0.05, 0) is 6.42 Å². The number of halogens is 1. The third-order valence-corrected chi connectivity index (χ3v) is 1.32. The lowest BCUT2D eigenvalue weighted by atomic mass is 10.2. The molecule has 4 heteroatoms. The van der Waals surface area contributed by atoms with Gasteiger partial charge in [-0.1, -0.05) is 13.3 Å². The molecule has 1 aliphatic rings. The highest BCUT2D eigenvalue weighted by Gasteiger charge is 2.35. The lowest BCUT2D eigenvalue weighted by Gasteiger charge is -2.04.